The summed E-state index contributed by atoms with van der Waals surface area (Å²) in [5.41, 5.74) is 4.01. The molecule has 0 heterocycles. The zero-order valence-corrected chi connectivity index (χ0v) is 20.5. The standard InChI is InChI=1S/C27H23BrN2O5/c1-30(27(12-13-27)25(32)33)24(31)16-10-11-22(28)23(14-16)29-26(34)35-15-21-19-8-4-2-6-17(19)18-7-3-5-9-20(18)21/h2-11,14,21H,12-13,15H2,1H3,(H,29,34)(H,32,33). The number of likely N-dealkylation sites (N-methyl/N-ethyl adjacent to an activating group) is 1. The molecule has 0 saturated heterocycles. The van der Waals surface area contributed by atoms with Gasteiger partial charge in [0.2, 0.25) is 0 Å². The summed E-state index contributed by atoms with van der Waals surface area (Å²) in [6.07, 6.45) is 0.201. The maximum Gasteiger partial charge on any atom is 0.411 e. The van der Waals surface area contributed by atoms with Crippen LogP contribution in [0.2, 0.25) is 0 Å². The van der Waals surface area contributed by atoms with Crippen LogP contribution >= 0.6 is 15.9 Å². The molecule has 1 saturated carbocycles. The number of halogens is 1. The van der Waals surface area contributed by atoms with Gasteiger partial charge < -0.3 is 14.7 Å². The van der Waals surface area contributed by atoms with Crippen molar-refractivity contribution in [3.05, 3.63) is 87.9 Å². The van der Waals surface area contributed by atoms with Crippen LogP contribution in [-0.4, -0.2) is 47.2 Å². The van der Waals surface area contributed by atoms with Crippen molar-refractivity contribution in [2.75, 3.05) is 19.0 Å². The summed E-state index contributed by atoms with van der Waals surface area (Å²) in [5.74, 6) is -1.50. The van der Waals surface area contributed by atoms with Crippen LogP contribution in [0.5, 0.6) is 0 Å². The molecule has 2 amide bonds. The number of nitrogens with zero attached hydrogens (tertiary/aromatic N) is 1. The lowest BCUT2D eigenvalue weighted by atomic mass is 9.98. The molecular weight excluding hydrogens is 512 g/mol. The molecule has 0 spiro atoms. The van der Waals surface area contributed by atoms with Gasteiger partial charge in [0.25, 0.3) is 5.91 Å². The van der Waals surface area contributed by atoms with Crippen LogP contribution in [0.4, 0.5) is 10.5 Å². The fourth-order valence-corrected chi connectivity index (χ4v) is 5.04. The minimum atomic E-state index is -1.15. The lowest BCUT2D eigenvalue weighted by Gasteiger charge is -2.24. The van der Waals surface area contributed by atoms with Gasteiger partial charge in [0.15, 0.2) is 0 Å². The lowest BCUT2D eigenvalue weighted by Crippen LogP contribution is -2.44. The molecule has 0 radical (unpaired) electrons. The molecule has 0 unspecified atom stereocenters. The van der Waals surface area contributed by atoms with Crippen molar-refractivity contribution in [1.29, 1.82) is 0 Å². The van der Waals surface area contributed by atoms with Crippen molar-refractivity contribution in [2.45, 2.75) is 24.3 Å². The number of nitrogens with one attached hydrogen (secondary N) is 1. The molecule has 1 fully saturated rings. The van der Waals surface area contributed by atoms with Crippen molar-refractivity contribution >= 4 is 39.6 Å². The Kier molecular flexibility index (Phi) is 5.84. The number of hydrogen-bond donors (Lipinski definition) is 2. The van der Waals surface area contributed by atoms with Gasteiger partial charge in [-0.05, 0) is 69.2 Å². The summed E-state index contributed by atoms with van der Waals surface area (Å²) < 4.78 is 6.17. The molecule has 35 heavy (non-hydrogen) atoms. The van der Waals surface area contributed by atoms with E-state index < -0.39 is 23.5 Å². The van der Waals surface area contributed by atoms with Crippen LogP contribution in [-0.2, 0) is 9.53 Å². The van der Waals surface area contributed by atoms with Crippen LogP contribution in [0.25, 0.3) is 11.1 Å². The van der Waals surface area contributed by atoms with Gasteiger partial charge >= 0.3 is 12.1 Å². The second kappa shape index (κ2) is 8.85. The van der Waals surface area contributed by atoms with Crippen LogP contribution in [0.3, 0.4) is 0 Å². The Morgan fingerprint density at radius 3 is 2.20 bits per heavy atom. The van der Waals surface area contributed by atoms with Crippen molar-refractivity contribution in [2.24, 2.45) is 0 Å². The van der Waals surface area contributed by atoms with E-state index in [1.807, 2.05) is 36.4 Å². The summed E-state index contributed by atoms with van der Waals surface area (Å²) >= 11 is 3.39. The highest BCUT2D eigenvalue weighted by molar-refractivity contribution is 9.10. The SMILES string of the molecule is CN(C(=O)c1ccc(Br)c(NC(=O)OCC2c3ccccc3-c3ccccc32)c1)C1(C(=O)O)CC1. The van der Waals surface area contributed by atoms with Crippen LogP contribution in [0.1, 0.15) is 40.2 Å². The fourth-order valence-electron chi connectivity index (χ4n) is 4.70. The molecule has 3 aromatic carbocycles. The maximum absolute atomic E-state index is 12.9. The van der Waals surface area contributed by atoms with Gasteiger partial charge in [0.1, 0.15) is 12.1 Å². The minimum absolute atomic E-state index is 0.0658. The van der Waals surface area contributed by atoms with E-state index in [0.29, 0.717) is 23.0 Å². The summed E-state index contributed by atoms with van der Waals surface area (Å²) in [4.78, 5) is 38.5. The number of carboxylic acid groups (broad SMARTS) is 1. The molecule has 0 bridgehead atoms. The van der Waals surface area contributed by atoms with E-state index in [4.69, 9.17) is 4.74 Å². The third kappa shape index (κ3) is 4.08. The average Bonchev–Trinajstić information content (AvgIpc) is 3.62. The number of aliphatic carboxylic acids is 1. The average molecular weight is 535 g/mol. The van der Waals surface area contributed by atoms with E-state index in [9.17, 15) is 19.5 Å². The zero-order valence-electron chi connectivity index (χ0n) is 19.0. The molecular formula is C27H23BrN2O5. The van der Waals surface area contributed by atoms with E-state index in [2.05, 4.69) is 33.4 Å². The van der Waals surface area contributed by atoms with Crippen molar-refractivity contribution in [3.8, 4) is 11.1 Å². The molecule has 5 rings (SSSR count). The van der Waals surface area contributed by atoms with Gasteiger partial charge in [0.05, 0.1) is 5.69 Å². The highest BCUT2D eigenvalue weighted by Crippen LogP contribution is 2.45. The molecule has 0 aromatic heterocycles. The first kappa shape index (κ1) is 23.1. The molecule has 7 nitrogen and oxygen atoms in total. The first-order valence-electron chi connectivity index (χ1n) is 11.2. The number of rotatable bonds is 6. The molecule has 2 N–H and O–H groups in total. The smallest absolute Gasteiger partial charge is 0.411 e. The lowest BCUT2D eigenvalue weighted by molar-refractivity contribution is -0.143. The third-order valence-corrected chi connectivity index (χ3v) is 7.55. The quantitative estimate of drug-likeness (QED) is 0.435. The van der Waals surface area contributed by atoms with Gasteiger partial charge in [-0.2, -0.15) is 0 Å². The van der Waals surface area contributed by atoms with E-state index in [0.717, 1.165) is 22.3 Å². The molecule has 8 heteroatoms. The van der Waals surface area contributed by atoms with Gasteiger partial charge in [-0.1, -0.05) is 48.5 Å². The van der Waals surface area contributed by atoms with Gasteiger partial charge in [-0.15, -0.1) is 0 Å². The normalized spacial score (nSPS) is 15.0. The predicted octanol–water partition coefficient (Wildman–Crippen LogP) is 5.50. The number of carboxylic acids is 1. The number of ether oxygens (including phenoxy) is 1. The van der Waals surface area contributed by atoms with Gasteiger partial charge in [-0.3, -0.25) is 10.1 Å². The Morgan fingerprint density at radius 2 is 1.63 bits per heavy atom. The molecule has 0 aliphatic heterocycles. The third-order valence-electron chi connectivity index (χ3n) is 6.86. The van der Waals surface area contributed by atoms with E-state index >= 15 is 0 Å². The van der Waals surface area contributed by atoms with Crippen molar-refractivity contribution in [1.82, 2.24) is 4.90 Å². The zero-order chi connectivity index (χ0) is 24.7. The summed E-state index contributed by atoms with van der Waals surface area (Å²) in [7, 11) is 1.49. The molecule has 2 aliphatic rings. The largest absolute Gasteiger partial charge is 0.479 e. The predicted molar refractivity (Wildman–Crippen MR) is 135 cm³/mol. The number of fused-ring (bicyclic) bond motifs is 3. The number of hydrogen-bond acceptors (Lipinski definition) is 4. The highest BCUT2D eigenvalue weighted by Gasteiger charge is 2.55. The fraction of sp³-hybridized carbons (Fsp3) is 0.222. The first-order chi connectivity index (χ1) is 16.8. The van der Waals surface area contributed by atoms with Crippen molar-refractivity contribution < 1.29 is 24.2 Å². The number of anilines is 1. The second-order valence-electron chi connectivity index (χ2n) is 8.85. The topological polar surface area (TPSA) is 95.9 Å². The molecule has 3 aromatic rings. The van der Waals surface area contributed by atoms with Crippen molar-refractivity contribution in [3.63, 3.8) is 0 Å². The summed E-state index contributed by atoms with van der Waals surface area (Å²) in [6, 6.07) is 20.9. The Labute approximate surface area is 210 Å². The Morgan fingerprint density at radius 1 is 1.03 bits per heavy atom. The number of benzene rings is 3. The maximum atomic E-state index is 12.9. The summed E-state index contributed by atoms with van der Waals surface area (Å²) in [5, 5.41) is 12.2. The molecule has 178 valence electrons. The van der Waals surface area contributed by atoms with E-state index in [1.54, 1.807) is 12.1 Å². The van der Waals surface area contributed by atoms with Gasteiger partial charge in [-0.25, -0.2) is 9.59 Å². The van der Waals surface area contributed by atoms with E-state index in [1.165, 1.54) is 18.0 Å². The van der Waals surface area contributed by atoms with Crippen LogP contribution < -0.4 is 5.32 Å². The Balaban J connectivity index is 1.29. The highest BCUT2D eigenvalue weighted by atomic mass is 79.9. The van der Waals surface area contributed by atoms with Crippen LogP contribution in [0.15, 0.2) is 71.2 Å². The number of amides is 2. The van der Waals surface area contributed by atoms with E-state index in [-0.39, 0.29) is 18.1 Å². The molecule has 0 atom stereocenters. The number of carbonyl (C=O) groups is 3. The molecule has 2 aliphatic carbocycles. The first-order valence-corrected chi connectivity index (χ1v) is 12.0. The van der Waals surface area contributed by atoms with Gasteiger partial charge in [0, 0.05) is 23.0 Å². The Hall–Kier alpha value is -3.65. The monoisotopic (exact) mass is 534 g/mol. The number of carbonyl (C=O) groups excluding carboxylic acids is 2. The Bertz CT molecular complexity index is 1310. The van der Waals surface area contributed by atoms with Crippen LogP contribution in [0, 0.1) is 0 Å². The summed E-state index contributed by atoms with van der Waals surface area (Å²) in [6.45, 7) is 0.167. The second-order valence-corrected chi connectivity index (χ2v) is 9.70. The minimum Gasteiger partial charge on any atom is -0.479 e.